The molecule has 2 aliphatic rings. The van der Waals surface area contributed by atoms with Gasteiger partial charge in [-0.1, -0.05) is 57.9 Å². The van der Waals surface area contributed by atoms with E-state index in [1.807, 2.05) is 42.1 Å². The number of amides is 5. The molecule has 392 valence electrons. The first kappa shape index (κ1) is 54.7. The number of carboxylic acids is 1. The molecular formula is C51H73FN12O8. The molecule has 2 fully saturated rings. The van der Waals surface area contributed by atoms with E-state index in [-0.39, 0.29) is 66.6 Å². The number of aromatic nitrogens is 4. The van der Waals surface area contributed by atoms with E-state index in [1.54, 1.807) is 20.4 Å². The van der Waals surface area contributed by atoms with Crippen LogP contribution < -0.4 is 37.3 Å². The van der Waals surface area contributed by atoms with Gasteiger partial charge in [-0.3, -0.25) is 19.3 Å². The summed E-state index contributed by atoms with van der Waals surface area (Å²) in [5, 5.41) is 32.4. The Kier molecular flexibility index (Phi) is 19.9. The van der Waals surface area contributed by atoms with E-state index in [1.165, 1.54) is 11.1 Å². The molecule has 0 aliphatic carbocycles. The molecule has 0 spiro atoms. The Bertz CT molecular complexity index is 2530. The van der Waals surface area contributed by atoms with Crippen LogP contribution in [-0.2, 0) is 27.5 Å². The summed E-state index contributed by atoms with van der Waals surface area (Å²) in [5.74, 6) is -1.50. The van der Waals surface area contributed by atoms with Crippen molar-refractivity contribution >= 4 is 52.2 Å². The summed E-state index contributed by atoms with van der Waals surface area (Å²) in [6, 6.07) is 9.76. The minimum absolute atomic E-state index is 0.00306. The summed E-state index contributed by atoms with van der Waals surface area (Å²) >= 11 is 0. The van der Waals surface area contributed by atoms with Crippen molar-refractivity contribution in [2.75, 3.05) is 69.1 Å². The Hall–Kier alpha value is -6.61. The number of carbonyl (C=O) groups is 5. The maximum absolute atomic E-state index is 15.4. The van der Waals surface area contributed by atoms with Crippen molar-refractivity contribution in [3.05, 3.63) is 81.7 Å². The molecule has 0 radical (unpaired) electrons. The van der Waals surface area contributed by atoms with Crippen molar-refractivity contribution in [1.29, 1.82) is 0 Å². The van der Waals surface area contributed by atoms with Crippen LogP contribution in [0, 0.1) is 17.7 Å². The first-order valence-corrected chi connectivity index (χ1v) is 25.4. The fourth-order valence-electron chi connectivity index (χ4n) is 9.25. The Morgan fingerprint density at radius 1 is 0.861 bits per heavy atom. The zero-order valence-corrected chi connectivity index (χ0v) is 42.3. The number of nitrogens with two attached hydrogens (primary N) is 1. The third-order valence-electron chi connectivity index (χ3n) is 13.6. The topological polar surface area (TPSA) is 251 Å². The molecule has 2 aromatic heterocycles. The van der Waals surface area contributed by atoms with Crippen molar-refractivity contribution in [2.45, 2.75) is 117 Å². The van der Waals surface area contributed by atoms with Gasteiger partial charge in [-0.2, -0.15) is 0 Å². The summed E-state index contributed by atoms with van der Waals surface area (Å²) < 4.78 is 24.6. The summed E-state index contributed by atoms with van der Waals surface area (Å²) in [4.78, 5) is 77.5. The largest absolute Gasteiger partial charge is 0.477 e. The van der Waals surface area contributed by atoms with E-state index in [0.29, 0.717) is 76.4 Å². The van der Waals surface area contributed by atoms with Gasteiger partial charge in [0.1, 0.15) is 18.0 Å². The highest BCUT2D eigenvalue weighted by molar-refractivity contribution is 6.01. The fraction of sp³-hybridized carbons (Fsp3) is 0.569. The second-order valence-electron chi connectivity index (χ2n) is 19.4. The number of hydrogen-bond donors (Lipinski definition) is 6. The average Bonchev–Trinajstić information content (AvgIpc) is 3.97. The lowest BCUT2D eigenvalue weighted by Crippen LogP contribution is -2.49. The Labute approximate surface area is 420 Å². The molecule has 5 amide bonds. The van der Waals surface area contributed by atoms with Crippen LogP contribution in [0.15, 0.2) is 53.6 Å². The molecule has 0 unspecified atom stereocenters. The minimum Gasteiger partial charge on any atom is -0.477 e. The Balaban J connectivity index is 0.974. The standard InChI is InChI=1S/C51H73FN12O8/c1-6-60-30-39(49(68)69)48(67)38-26-40(52)44(27-43(38)60)61-22-24-62(25-23-61)51(71)72-32-35-13-15-36(16-14-35)56-28-37(12-11-20-55-50(53)70)64-31-42(58-59-64)47(34(4)5)57-29-41(33(2)3)54-19-9-7-8-10-21-63-45(65)17-18-46(63)66/h13-16,26-27,30-31,33-34,37,41,47,54,56-57H,6-12,17-25,28-29,32H2,1-5H3,(H,68,69)(H3,53,55,70)/t37-,41-,47-/m0/s1. The van der Waals surface area contributed by atoms with Crippen molar-refractivity contribution in [1.82, 2.24) is 45.3 Å². The number of nitrogens with zero attached hydrogens (tertiary/aromatic N) is 7. The summed E-state index contributed by atoms with van der Waals surface area (Å²) in [5.41, 5.74) is 7.36. The van der Waals surface area contributed by atoms with Crippen LogP contribution in [0.4, 0.5) is 25.4 Å². The number of ether oxygens (including phenoxy) is 1. The number of pyridine rings is 1. The molecular weight excluding hydrogens is 928 g/mol. The van der Waals surface area contributed by atoms with Gasteiger partial charge in [0.2, 0.25) is 17.2 Å². The van der Waals surface area contributed by atoms with E-state index in [2.05, 4.69) is 59.3 Å². The maximum Gasteiger partial charge on any atom is 0.410 e. The summed E-state index contributed by atoms with van der Waals surface area (Å²) in [6.07, 6.45) is 8.64. The van der Waals surface area contributed by atoms with Gasteiger partial charge in [0.15, 0.2) is 0 Å². The van der Waals surface area contributed by atoms with E-state index in [9.17, 15) is 33.9 Å². The number of aromatic carboxylic acids is 1. The normalized spacial score (nSPS) is 15.4. The summed E-state index contributed by atoms with van der Waals surface area (Å²) in [7, 11) is 0. The number of hydrogen-bond acceptors (Lipinski definition) is 13. The lowest BCUT2D eigenvalue weighted by Gasteiger charge is -2.35. The van der Waals surface area contributed by atoms with E-state index in [0.717, 1.165) is 61.8 Å². The maximum atomic E-state index is 15.4. The zero-order valence-electron chi connectivity index (χ0n) is 42.3. The highest BCUT2D eigenvalue weighted by Gasteiger charge is 2.29. The van der Waals surface area contributed by atoms with Gasteiger partial charge in [0.25, 0.3) is 0 Å². The lowest BCUT2D eigenvalue weighted by atomic mass is 9.99. The van der Waals surface area contributed by atoms with Crippen molar-refractivity contribution in [3.63, 3.8) is 0 Å². The Morgan fingerprint density at radius 3 is 2.22 bits per heavy atom. The molecule has 3 atom stereocenters. The van der Waals surface area contributed by atoms with Crippen LogP contribution in [0.1, 0.15) is 120 Å². The monoisotopic (exact) mass is 1000 g/mol. The molecule has 2 saturated heterocycles. The smallest absolute Gasteiger partial charge is 0.410 e. The first-order valence-electron chi connectivity index (χ1n) is 25.4. The van der Waals surface area contributed by atoms with Gasteiger partial charge in [0.05, 0.1) is 35.2 Å². The molecule has 20 nitrogen and oxygen atoms in total. The number of primary amides is 1. The molecule has 6 rings (SSSR count). The number of carbonyl (C=O) groups excluding carboxylic acids is 4. The number of urea groups is 1. The molecule has 0 saturated carbocycles. The fourth-order valence-corrected chi connectivity index (χ4v) is 9.25. The third-order valence-corrected chi connectivity index (χ3v) is 13.6. The number of halogens is 1. The highest BCUT2D eigenvalue weighted by Crippen LogP contribution is 2.28. The molecule has 72 heavy (non-hydrogen) atoms. The van der Waals surface area contributed by atoms with Crippen LogP contribution >= 0.6 is 0 Å². The van der Waals surface area contributed by atoms with Gasteiger partial charge >= 0.3 is 18.1 Å². The van der Waals surface area contributed by atoms with Gasteiger partial charge in [-0.15, -0.1) is 5.10 Å². The second kappa shape index (κ2) is 26.2. The first-order chi connectivity index (χ1) is 34.5. The summed E-state index contributed by atoms with van der Waals surface area (Å²) in [6.45, 7) is 15.3. The van der Waals surface area contributed by atoms with Crippen LogP contribution in [0.5, 0.6) is 0 Å². The predicted molar refractivity (Wildman–Crippen MR) is 272 cm³/mol. The van der Waals surface area contributed by atoms with Crippen LogP contribution in [0.25, 0.3) is 10.9 Å². The quantitative estimate of drug-likeness (QED) is 0.0314. The SMILES string of the molecule is CCn1cc(C(=O)O)c(=O)c2cc(F)c(N3CCN(C(=O)OCc4ccc(NC[C@H](CCCNC(N)=O)n5cc([C@@H](NC[C@H](NCCCCCCN6C(=O)CCC6=O)C(C)C)C(C)C)nn5)cc4)CC3)cc21. The van der Waals surface area contributed by atoms with Crippen LogP contribution in [0.2, 0.25) is 0 Å². The minimum atomic E-state index is -1.37. The molecule has 0 bridgehead atoms. The third kappa shape index (κ3) is 14.7. The zero-order chi connectivity index (χ0) is 51.9. The predicted octanol–water partition coefficient (Wildman–Crippen LogP) is 5.62. The molecule has 2 aromatic carbocycles. The lowest BCUT2D eigenvalue weighted by molar-refractivity contribution is -0.138. The molecule has 7 N–H and O–H groups in total. The number of nitrogens with one attached hydrogen (secondary N) is 4. The molecule has 4 aromatic rings. The number of fused-ring (bicyclic) bond motifs is 1. The van der Waals surface area contributed by atoms with Gasteiger partial charge in [-0.05, 0) is 80.8 Å². The number of piperazine rings is 1. The molecule has 21 heteroatoms. The van der Waals surface area contributed by atoms with Gasteiger partial charge in [-0.25, -0.2) is 23.5 Å². The van der Waals surface area contributed by atoms with Crippen LogP contribution in [-0.4, -0.2) is 129 Å². The number of imide groups is 1. The molecule has 4 heterocycles. The van der Waals surface area contributed by atoms with Gasteiger partial charge < -0.3 is 51.2 Å². The van der Waals surface area contributed by atoms with Crippen molar-refractivity contribution in [2.24, 2.45) is 17.6 Å². The number of anilines is 2. The van der Waals surface area contributed by atoms with E-state index < -0.39 is 34.9 Å². The number of likely N-dealkylation sites (tertiary alicyclic amines) is 1. The number of aryl methyl sites for hydroxylation is 1. The number of rotatable bonds is 27. The van der Waals surface area contributed by atoms with Gasteiger partial charge in [0, 0.05) is 95.1 Å². The number of benzene rings is 2. The van der Waals surface area contributed by atoms with Crippen LogP contribution in [0.3, 0.4) is 0 Å². The van der Waals surface area contributed by atoms with Crippen molar-refractivity contribution in [3.8, 4) is 0 Å². The van der Waals surface area contributed by atoms with E-state index >= 15 is 4.39 Å². The Morgan fingerprint density at radius 2 is 1.57 bits per heavy atom. The second-order valence-corrected chi connectivity index (χ2v) is 19.4. The molecule has 2 aliphatic heterocycles. The number of unbranched alkanes of at least 4 members (excludes halogenated alkanes) is 3. The average molecular weight is 1000 g/mol. The number of carboxylic acid groups (broad SMARTS) is 1. The van der Waals surface area contributed by atoms with E-state index in [4.69, 9.17) is 10.5 Å². The van der Waals surface area contributed by atoms with Crippen molar-refractivity contribution < 1.29 is 38.2 Å². The highest BCUT2D eigenvalue weighted by atomic mass is 19.1.